The number of nitrogens with zero attached hydrogens (tertiary/aromatic N) is 2. The number of aromatic nitrogens is 1. The van der Waals surface area contributed by atoms with Crippen LogP contribution in [0.15, 0.2) is 60.7 Å². The van der Waals surface area contributed by atoms with Crippen molar-refractivity contribution in [2.75, 3.05) is 6.54 Å². The SMILES string of the molecule is O=C(O)C1c2ccccc2CCN1C(=O)c1ccc2ccccc2n1. The van der Waals surface area contributed by atoms with E-state index in [-0.39, 0.29) is 11.6 Å². The van der Waals surface area contributed by atoms with Crippen molar-refractivity contribution < 1.29 is 14.7 Å². The van der Waals surface area contributed by atoms with Gasteiger partial charge in [-0.25, -0.2) is 9.78 Å². The van der Waals surface area contributed by atoms with Crippen molar-refractivity contribution >= 4 is 22.8 Å². The molecule has 25 heavy (non-hydrogen) atoms. The van der Waals surface area contributed by atoms with Crippen LogP contribution in [0.4, 0.5) is 0 Å². The second kappa shape index (κ2) is 6.02. The Balaban J connectivity index is 1.74. The molecule has 0 fully saturated rings. The first-order valence-corrected chi connectivity index (χ1v) is 8.12. The smallest absolute Gasteiger partial charge is 0.331 e. The number of hydrogen-bond donors (Lipinski definition) is 1. The molecule has 0 radical (unpaired) electrons. The fourth-order valence-electron chi connectivity index (χ4n) is 3.38. The van der Waals surface area contributed by atoms with E-state index in [2.05, 4.69) is 4.98 Å². The molecule has 2 heterocycles. The number of hydrogen-bond acceptors (Lipinski definition) is 3. The number of amides is 1. The maximum Gasteiger partial charge on any atom is 0.331 e. The van der Waals surface area contributed by atoms with Gasteiger partial charge in [-0.2, -0.15) is 0 Å². The van der Waals surface area contributed by atoms with E-state index in [1.54, 1.807) is 18.2 Å². The summed E-state index contributed by atoms with van der Waals surface area (Å²) in [5, 5.41) is 10.7. The minimum atomic E-state index is -1.03. The molecule has 5 heteroatoms. The van der Waals surface area contributed by atoms with Gasteiger partial charge in [-0.3, -0.25) is 4.79 Å². The molecule has 3 aromatic rings. The highest BCUT2D eigenvalue weighted by atomic mass is 16.4. The highest BCUT2D eigenvalue weighted by Crippen LogP contribution is 2.31. The predicted octanol–water partition coefficient (Wildman–Crippen LogP) is 3.06. The lowest BCUT2D eigenvalue weighted by Gasteiger charge is -2.34. The minimum Gasteiger partial charge on any atom is -0.479 e. The van der Waals surface area contributed by atoms with Crippen molar-refractivity contribution in [2.24, 2.45) is 0 Å². The molecular formula is C20H16N2O3. The summed E-state index contributed by atoms with van der Waals surface area (Å²) in [6.45, 7) is 0.362. The summed E-state index contributed by atoms with van der Waals surface area (Å²) in [6.07, 6.45) is 0.638. The molecule has 4 rings (SSSR count). The Kier molecular flexibility index (Phi) is 3.69. The Labute approximate surface area is 144 Å². The fraction of sp³-hybridized carbons (Fsp3) is 0.150. The molecular weight excluding hydrogens is 316 g/mol. The zero-order valence-corrected chi connectivity index (χ0v) is 13.4. The monoisotopic (exact) mass is 332 g/mol. The van der Waals surface area contributed by atoms with Crippen LogP contribution in [0, 0.1) is 0 Å². The Hall–Kier alpha value is -3.21. The van der Waals surface area contributed by atoms with Gasteiger partial charge in [0, 0.05) is 11.9 Å². The molecule has 0 aliphatic carbocycles. The molecule has 1 aliphatic rings. The molecule has 0 bridgehead atoms. The highest BCUT2D eigenvalue weighted by Gasteiger charge is 2.36. The van der Waals surface area contributed by atoms with Crippen LogP contribution in [0.5, 0.6) is 0 Å². The third-order valence-corrected chi connectivity index (χ3v) is 4.60. The fourth-order valence-corrected chi connectivity index (χ4v) is 3.38. The van der Waals surface area contributed by atoms with E-state index in [0.717, 1.165) is 16.5 Å². The van der Waals surface area contributed by atoms with Crippen molar-refractivity contribution in [2.45, 2.75) is 12.5 Å². The number of rotatable bonds is 2. The molecule has 2 aromatic carbocycles. The number of fused-ring (bicyclic) bond motifs is 2. The molecule has 0 saturated heterocycles. The number of pyridine rings is 1. The van der Waals surface area contributed by atoms with E-state index < -0.39 is 12.0 Å². The van der Waals surface area contributed by atoms with Gasteiger partial charge in [-0.05, 0) is 29.7 Å². The van der Waals surface area contributed by atoms with E-state index in [1.165, 1.54) is 4.90 Å². The molecule has 1 atom stereocenters. The maximum atomic E-state index is 13.0. The van der Waals surface area contributed by atoms with Gasteiger partial charge in [0.05, 0.1) is 5.52 Å². The van der Waals surface area contributed by atoms with Gasteiger partial charge in [-0.1, -0.05) is 48.5 Å². The van der Waals surface area contributed by atoms with Crippen LogP contribution in [0.3, 0.4) is 0 Å². The van der Waals surface area contributed by atoms with Crippen molar-refractivity contribution in [1.29, 1.82) is 0 Å². The first-order chi connectivity index (χ1) is 12.1. The van der Waals surface area contributed by atoms with Crippen LogP contribution in [-0.4, -0.2) is 33.4 Å². The number of aliphatic carboxylic acids is 1. The third-order valence-electron chi connectivity index (χ3n) is 4.60. The average Bonchev–Trinajstić information content (AvgIpc) is 2.66. The van der Waals surface area contributed by atoms with Crippen LogP contribution in [0.25, 0.3) is 10.9 Å². The zero-order valence-electron chi connectivity index (χ0n) is 13.4. The molecule has 1 amide bonds. The molecule has 0 saturated carbocycles. The van der Waals surface area contributed by atoms with E-state index in [4.69, 9.17) is 0 Å². The molecule has 0 spiro atoms. The number of carbonyl (C=O) groups is 2. The van der Waals surface area contributed by atoms with Crippen LogP contribution in [-0.2, 0) is 11.2 Å². The largest absolute Gasteiger partial charge is 0.479 e. The Bertz CT molecular complexity index is 983. The summed E-state index contributed by atoms with van der Waals surface area (Å²) in [6, 6.07) is 17.4. The van der Waals surface area contributed by atoms with Gasteiger partial charge in [0.2, 0.25) is 0 Å². The lowest BCUT2D eigenvalue weighted by atomic mass is 9.92. The van der Waals surface area contributed by atoms with Crippen LogP contribution in [0.1, 0.15) is 27.7 Å². The summed E-state index contributed by atoms with van der Waals surface area (Å²) in [4.78, 5) is 30.6. The standard InChI is InChI=1S/C20H16N2O3/c23-19(17-10-9-14-6-2-4-8-16(14)21-17)22-12-11-13-5-1-3-7-15(13)18(22)20(24)25/h1-10,18H,11-12H2,(H,24,25). The number of benzene rings is 2. The van der Waals surface area contributed by atoms with Crippen molar-refractivity contribution in [3.8, 4) is 0 Å². The van der Waals surface area contributed by atoms with Crippen molar-refractivity contribution in [1.82, 2.24) is 9.88 Å². The molecule has 5 nitrogen and oxygen atoms in total. The normalized spacial score (nSPS) is 16.5. The van der Waals surface area contributed by atoms with Crippen LogP contribution < -0.4 is 0 Å². The molecule has 1 unspecified atom stereocenters. The molecule has 1 N–H and O–H groups in total. The Morgan fingerprint density at radius 1 is 1.00 bits per heavy atom. The summed E-state index contributed by atoms with van der Waals surface area (Å²) in [5.74, 6) is -1.38. The quantitative estimate of drug-likeness (QED) is 0.783. The number of para-hydroxylation sites is 1. The average molecular weight is 332 g/mol. The van der Waals surface area contributed by atoms with Gasteiger partial charge >= 0.3 is 5.97 Å². The summed E-state index contributed by atoms with van der Waals surface area (Å²) in [5.41, 5.74) is 2.64. The second-order valence-electron chi connectivity index (χ2n) is 6.08. The molecule has 1 aromatic heterocycles. The summed E-state index contributed by atoms with van der Waals surface area (Å²) < 4.78 is 0. The number of carbonyl (C=O) groups excluding carboxylic acids is 1. The topological polar surface area (TPSA) is 70.5 Å². The minimum absolute atomic E-state index is 0.268. The third kappa shape index (κ3) is 2.63. The van der Waals surface area contributed by atoms with E-state index in [1.807, 2.05) is 42.5 Å². The predicted molar refractivity (Wildman–Crippen MR) is 93.3 cm³/mol. The van der Waals surface area contributed by atoms with Crippen LogP contribution >= 0.6 is 0 Å². The molecule has 1 aliphatic heterocycles. The van der Waals surface area contributed by atoms with Gasteiger partial charge < -0.3 is 10.0 Å². The first kappa shape index (κ1) is 15.3. The number of carboxylic acids is 1. The highest BCUT2D eigenvalue weighted by molar-refractivity contribution is 5.97. The van der Waals surface area contributed by atoms with Crippen molar-refractivity contribution in [3.05, 3.63) is 77.5 Å². The van der Waals surface area contributed by atoms with Crippen molar-refractivity contribution in [3.63, 3.8) is 0 Å². The van der Waals surface area contributed by atoms with Gasteiger partial charge in [0.25, 0.3) is 5.91 Å². The second-order valence-corrected chi connectivity index (χ2v) is 6.08. The molecule has 124 valence electrons. The van der Waals surface area contributed by atoms with Gasteiger partial charge in [0.15, 0.2) is 6.04 Å². The maximum absolute atomic E-state index is 13.0. The van der Waals surface area contributed by atoms with Crippen LogP contribution in [0.2, 0.25) is 0 Å². The summed E-state index contributed by atoms with van der Waals surface area (Å²) >= 11 is 0. The zero-order chi connectivity index (χ0) is 17.4. The lowest BCUT2D eigenvalue weighted by Crippen LogP contribution is -2.43. The van der Waals surface area contributed by atoms with E-state index in [9.17, 15) is 14.7 Å². The number of carboxylic acid groups (broad SMARTS) is 1. The lowest BCUT2D eigenvalue weighted by molar-refractivity contribution is -0.143. The van der Waals surface area contributed by atoms with Gasteiger partial charge in [0.1, 0.15) is 5.69 Å². The Morgan fingerprint density at radius 2 is 1.76 bits per heavy atom. The first-order valence-electron chi connectivity index (χ1n) is 8.12. The van der Waals surface area contributed by atoms with Gasteiger partial charge in [-0.15, -0.1) is 0 Å². The van der Waals surface area contributed by atoms with E-state index >= 15 is 0 Å². The summed E-state index contributed by atoms with van der Waals surface area (Å²) in [7, 11) is 0. The van der Waals surface area contributed by atoms with E-state index in [0.29, 0.717) is 18.5 Å². The Morgan fingerprint density at radius 3 is 2.60 bits per heavy atom.